The van der Waals surface area contributed by atoms with Crippen LogP contribution in [0, 0.1) is 0 Å². The molecule has 36 heavy (non-hydrogen) atoms. The van der Waals surface area contributed by atoms with E-state index in [0.717, 1.165) is 22.3 Å². The monoisotopic (exact) mass is 498 g/mol. The highest BCUT2D eigenvalue weighted by molar-refractivity contribution is 7.90. The summed E-state index contributed by atoms with van der Waals surface area (Å²) < 4.78 is 26.5. The Bertz CT molecular complexity index is 1590. The van der Waals surface area contributed by atoms with E-state index in [0.29, 0.717) is 35.7 Å². The van der Waals surface area contributed by atoms with Crippen LogP contribution >= 0.6 is 0 Å². The average molecular weight is 499 g/mol. The van der Waals surface area contributed by atoms with E-state index in [2.05, 4.69) is 27.4 Å². The van der Waals surface area contributed by atoms with Crippen LogP contribution in [0.5, 0.6) is 0 Å². The van der Waals surface area contributed by atoms with Gasteiger partial charge in [0.05, 0.1) is 23.7 Å². The third-order valence-electron chi connectivity index (χ3n) is 5.71. The quantitative estimate of drug-likeness (QED) is 0.312. The molecule has 0 unspecified atom stereocenters. The smallest absolute Gasteiger partial charge is 0.183 e. The van der Waals surface area contributed by atoms with Crippen molar-refractivity contribution < 1.29 is 8.42 Å². The summed E-state index contributed by atoms with van der Waals surface area (Å²) in [6.07, 6.45) is 7.48. The first-order valence-corrected chi connectivity index (χ1v) is 13.6. The molecule has 0 aliphatic rings. The van der Waals surface area contributed by atoms with Gasteiger partial charge in [-0.15, -0.1) is 5.10 Å². The zero-order valence-corrected chi connectivity index (χ0v) is 20.7. The van der Waals surface area contributed by atoms with Crippen LogP contribution in [0.2, 0.25) is 0 Å². The van der Waals surface area contributed by atoms with E-state index in [4.69, 9.17) is 10.1 Å². The first kappa shape index (κ1) is 23.6. The molecule has 0 saturated carbocycles. The van der Waals surface area contributed by atoms with Gasteiger partial charge in [0.1, 0.15) is 5.52 Å². The molecule has 5 rings (SSSR count). The summed E-state index contributed by atoms with van der Waals surface area (Å²) in [5.74, 6) is 1.19. The summed E-state index contributed by atoms with van der Waals surface area (Å²) in [7, 11) is -3.20. The third kappa shape index (κ3) is 5.26. The van der Waals surface area contributed by atoms with Crippen LogP contribution in [0.1, 0.15) is 24.6 Å². The molecule has 182 valence electrons. The van der Waals surface area contributed by atoms with Gasteiger partial charge in [0.2, 0.25) is 0 Å². The number of rotatable bonds is 9. The Morgan fingerprint density at radius 3 is 2.58 bits per heavy atom. The van der Waals surface area contributed by atoms with Crippen molar-refractivity contribution >= 4 is 21.2 Å². The summed E-state index contributed by atoms with van der Waals surface area (Å²) in [5, 5.41) is 8.17. The number of nitrogens with zero attached hydrogens (tertiary/aromatic N) is 5. The lowest BCUT2D eigenvalue weighted by atomic mass is 10.1. The average Bonchev–Trinajstić information content (AvgIpc) is 3.32. The molecule has 0 fully saturated rings. The molecular formula is C27H26N6O2S. The maximum atomic E-state index is 12.4. The van der Waals surface area contributed by atoms with E-state index in [-0.39, 0.29) is 11.5 Å². The molecule has 9 heteroatoms. The van der Waals surface area contributed by atoms with Crippen LogP contribution in [-0.2, 0) is 22.1 Å². The second-order valence-electron chi connectivity index (χ2n) is 8.52. The molecule has 0 amide bonds. The van der Waals surface area contributed by atoms with Crippen molar-refractivity contribution in [2.24, 2.45) is 0 Å². The van der Waals surface area contributed by atoms with Crippen LogP contribution in [-0.4, -0.2) is 38.7 Å². The summed E-state index contributed by atoms with van der Waals surface area (Å²) in [4.78, 5) is 13.5. The van der Waals surface area contributed by atoms with Crippen molar-refractivity contribution in [3.63, 3.8) is 0 Å². The standard InChI is InChI=1S/C27H26N6O2S/c1-2-14-36(34,35)19-20-15-22(17-28-16-20)26-31-27(30-18-23-10-6-7-12-29-23)25-24(11-13-33(25)32-26)21-8-4-3-5-9-21/h3-13,15-17H,2,14,18-19H2,1H3,(H,30,31,32). The second kappa shape index (κ2) is 10.2. The minimum Gasteiger partial charge on any atom is -0.363 e. The minimum absolute atomic E-state index is 0.0591. The van der Waals surface area contributed by atoms with Gasteiger partial charge in [-0.2, -0.15) is 0 Å². The first-order valence-electron chi connectivity index (χ1n) is 11.8. The third-order valence-corrected chi connectivity index (χ3v) is 7.52. The van der Waals surface area contributed by atoms with Crippen LogP contribution < -0.4 is 5.32 Å². The highest BCUT2D eigenvalue weighted by Crippen LogP contribution is 2.31. The van der Waals surface area contributed by atoms with Crippen molar-refractivity contribution in [3.05, 3.63) is 96.7 Å². The van der Waals surface area contributed by atoms with Gasteiger partial charge in [-0.25, -0.2) is 17.9 Å². The number of pyridine rings is 2. The lowest BCUT2D eigenvalue weighted by molar-refractivity contribution is 0.594. The molecule has 0 bridgehead atoms. The summed E-state index contributed by atoms with van der Waals surface area (Å²) in [6.45, 7) is 2.34. The molecule has 1 aromatic carbocycles. The van der Waals surface area contributed by atoms with Crippen molar-refractivity contribution in [1.29, 1.82) is 0 Å². The Balaban J connectivity index is 1.57. The van der Waals surface area contributed by atoms with Gasteiger partial charge in [0, 0.05) is 35.9 Å². The molecule has 0 atom stereocenters. The van der Waals surface area contributed by atoms with Crippen molar-refractivity contribution in [3.8, 4) is 22.5 Å². The Labute approximate surface area is 210 Å². The van der Waals surface area contributed by atoms with Gasteiger partial charge < -0.3 is 5.32 Å². The van der Waals surface area contributed by atoms with Crippen LogP contribution in [0.3, 0.4) is 0 Å². The van der Waals surface area contributed by atoms with Gasteiger partial charge in [-0.1, -0.05) is 43.3 Å². The maximum absolute atomic E-state index is 12.4. The van der Waals surface area contributed by atoms with Crippen molar-refractivity contribution in [1.82, 2.24) is 24.6 Å². The molecular weight excluding hydrogens is 472 g/mol. The lowest BCUT2D eigenvalue weighted by Gasteiger charge is -2.12. The first-order chi connectivity index (χ1) is 17.5. The van der Waals surface area contributed by atoms with Gasteiger partial charge in [0.15, 0.2) is 21.5 Å². The van der Waals surface area contributed by atoms with Crippen LogP contribution in [0.4, 0.5) is 5.82 Å². The van der Waals surface area contributed by atoms with Gasteiger partial charge in [-0.05, 0) is 41.8 Å². The number of benzene rings is 1. The van der Waals surface area contributed by atoms with E-state index < -0.39 is 9.84 Å². The molecule has 0 spiro atoms. The number of hydrogen-bond acceptors (Lipinski definition) is 7. The predicted molar refractivity (Wildman–Crippen MR) is 141 cm³/mol. The summed E-state index contributed by atoms with van der Waals surface area (Å²) >= 11 is 0. The number of anilines is 1. The molecule has 0 aliphatic heterocycles. The van der Waals surface area contributed by atoms with Crippen LogP contribution in [0.25, 0.3) is 28.0 Å². The molecule has 4 heterocycles. The Kier molecular flexibility index (Phi) is 6.73. The fraction of sp³-hybridized carbons (Fsp3) is 0.185. The van der Waals surface area contributed by atoms with E-state index >= 15 is 0 Å². The second-order valence-corrected chi connectivity index (χ2v) is 10.7. The lowest BCUT2D eigenvalue weighted by Crippen LogP contribution is -2.10. The zero-order valence-electron chi connectivity index (χ0n) is 19.9. The number of nitrogens with one attached hydrogen (secondary N) is 1. The van der Waals surface area contributed by atoms with Crippen molar-refractivity contribution in [2.45, 2.75) is 25.6 Å². The van der Waals surface area contributed by atoms with E-state index in [1.165, 1.54) is 0 Å². The van der Waals surface area contributed by atoms with Gasteiger partial charge in [-0.3, -0.25) is 9.97 Å². The highest BCUT2D eigenvalue weighted by atomic mass is 32.2. The molecule has 8 nitrogen and oxygen atoms in total. The Morgan fingerprint density at radius 2 is 1.81 bits per heavy atom. The largest absolute Gasteiger partial charge is 0.363 e. The fourth-order valence-corrected chi connectivity index (χ4v) is 5.56. The Morgan fingerprint density at radius 1 is 0.972 bits per heavy atom. The number of fused-ring (bicyclic) bond motifs is 1. The van der Waals surface area contributed by atoms with Gasteiger partial charge >= 0.3 is 0 Å². The minimum atomic E-state index is -3.20. The van der Waals surface area contributed by atoms with Gasteiger partial charge in [0.25, 0.3) is 0 Å². The molecule has 0 aliphatic carbocycles. The molecule has 0 radical (unpaired) electrons. The molecule has 0 saturated heterocycles. The Hall–Kier alpha value is -4.11. The summed E-state index contributed by atoms with van der Waals surface area (Å²) in [5.41, 5.74) is 5.05. The van der Waals surface area contributed by atoms with Crippen LogP contribution in [0.15, 0.2) is 85.5 Å². The molecule has 1 N–H and O–H groups in total. The SMILES string of the molecule is CCCS(=O)(=O)Cc1cncc(-c2nc(NCc3ccccn3)c3c(-c4ccccc4)ccn3n2)c1. The van der Waals surface area contributed by atoms with E-state index in [1.54, 1.807) is 29.2 Å². The number of sulfone groups is 1. The molecule has 5 aromatic rings. The highest BCUT2D eigenvalue weighted by Gasteiger charge is 2.17. The van der Waals surface area contributed by atoms with Crippen molar-refractivity contribution in [2.75, 3.05) is 11.1 Å². The number of aromatic nitrogens is 5. The van der Waals surface area contributed by atoms with E-state index in [9.17, 15) is 8.42 Å². The number of hydrogen-bond donors (Lipinski definition) is 1. The zero-order chi connectivity index (χ0) is 25.0. The normalized spacial score (nSPS) is 11.6. The predicted octanol–water partition coefficient (Wildman–Crippen LogP) is 4.79. The summed E-state index contributed by atoms with van der Waals surface area (Å²) in [6, 6.07) is 19.7. The fourth-order valence-electron chi connectivity index (χ4n) is 4.12. The van der Waals surface area contributed by atoms with E-state index in [1.807, 2.05) is 55.6 Å². The maximum Gasteiger partial charge on any atom is 0.183 e. The molecule has 4 aromatic heterocycles. The topological polar surface area (TPSA) is 102 Å².